The zero-order valence-electron chi connectivity index (χ0n) is 28.5. The molecule has 4 aromatic rings. The molecule has 0 atom stereocenters. The van der Waals surface area contributed by atoms with Crippen LogP contribution in [0.15, 0.2) is 190 Å². The second-order valence-electron chi connectivity index (χ2n) is 13.9. The summed E-state index contributed by atoms with van der Waals surface area (Å²) < 4.78 is 0. The van der Waals surface area contributed by atoms with Gasteiger partial charge in [-0.25, -0.2) is 0 Å². The predicted octanol–water partition coefficient (Wildman–Crippen LogP) is 11.1. The molecule has 4 nitrogen and oxygen atoms in total. The molecule has 4 heteroatoms. The number of rotatable bonds is 4. The van der Waals surface area contributed by atoms with Gasteiger partial charge in [0.1, 0.15) is 23.0 Å². The molecule has 0 fully saturated rings. The van der Waals surface area contributed by atoms with Gasteiger partial charge >= 0.3 is 0 Å². The summed E-state index contributed by atoms with van der Waals surface area (Å²) in [5, 5.41) is 42.5. The number of phenols is 4. The van der Waals surface area contributed by atoms with Gasteiger partial charge in [0.25, 0.3) is 0 Å². The van der Waals surface area contributed by atoms with Crippen LogP contribution < -0.4 is 0 Å². The highest BCUT2D eigenvalue weighted by molar-refractivity contribution is 5.97. The summed E-state index contributed by atoms with van der Waals surface area (Å²) in [6, 6.07) is 30.0. The largest absolute Gasteiger partial charge is 0.508 e. The fourth-order valence-electron chi connectivity index (χ4n) is 8.38. The number of aromatic hydroxyl groups is 4. The van der Waals surface area contributed by atoms with Crippen molar-refractivity contribution in [1.82, 2.24) is 0 Å². The Morgan fingerprint density at radius 2 is 0.865 bits per heavy atom. The molecule has 9 rings (SSSR count). The third-order valence-electron chi connectivity index (χ3n) is 10.5. The first-order valence-corrected chi connectivity index (χ1v) is 17.7. The summed E-state index contributed by atoms with van der Waals surface area (Å²) >= 11 is 0. The lowest BCUT2D eigenvalue weighted by Gasteiger charge is -2.18. The fraction of sp³-hybridized carbons (Fsp3) is 0.0833. The Labute approximate surface area is 303 Å². The number of fused-ring (bicyclic) bond motifs is 6. The minimum atomic E-state index is 0.211. The zero-order valence-corrected chi connectivity index (χ0v) is 28.5. The van der Waals surface area contributed by atoms with E-state index < -0.39 is 0 Å². The average molecular weight is 677 g/mol. The predicted molar refractivity (Wildman–Crippen MR) is 209 cm³/mol. The Kier molecular flexibility index (Phi) is 7.66. The van der Waals surface area contributed by atoms with Gasteiger partial charge in [-0.15, -0.1) is 0 Å². The maximum absolute atomic E-state index is 10.6. The highest BCUT2D eigenvalue weighted by atomic mass is 16.3. The Bertz CT molecular complexity index is 2540. The van der Waals surface area contributed by atoms with Gasteiger partial charge in [0, 0.05) is 0 Å². The summed E-state index contributed by atoms with van der Waals surface area (Å²) in [5.41, 5.74) is 17.3. The number of allylic oxidation sites excluding steroid dienone is 20. The van der Waals surface area contributed by atoms with E-state index in [9.17, 15) is 20.4 Å². The van der Waals surface area contributed by atoms with E-state index in [-0.39, 0.29) is 23.0 Å². The molecule has 0 radical (unpaired) electrons. The molecule has 0 aliphatic heterocycles. The van der Waals surface area contributed by atoms with Gasteiger partial charge in [0.05, 0.1) is 0 Å². The molecule has 8 bridgehead atoms. The van der Waals surface area contributed by atoms with Gasteiger partial charge in [-0.3, -0.25) is 0 Å². The van der Waals surface area contributed by atoms with Crippen LogP contribution in [0.3, 0.4) is 0 Å². The van der Waals surface area contributed by atoms with Crippen molar-refractivity contribution < 1.29 is 20.4 Å². The molecule has 4 aromatic carbocycles. The van der Waals surface area contributed by atoms with Gasteiger partial charge in [-0.1, -0.05) is 91.1 Å². The molecule has 0 amide bonds. The molecule has 0 spiro atoms. The summed E-state index contributed by atoms with van der Waals surface area (Å²) in [6.07, 6.45) is 20.7. The highest BCUT2D eigenvalue weighted by Crippen LogP contribution is 2.49. The first kappa shape index (κ1) is 31.5. The number of phenolic OH excluding ortho intramolecular Hbond substituents is 4. The summed E-state index contributed by atoms with van der Waals surface area (Å²) in [4.78, 5) is 0. The number of benzene rings is 4. The SMILES string of the molecule is Oc1cccc(C2=C3C=CC(=C3)C(c3cccc(O)c3)=C3C=CC(=C(c4cccc(O)c4)C4=CC(=C(c5cccc(O)c5)C5=CC=C2C5)CC4)C3)c1. The molecule has 0 aromatic heterocycles. The van der Waals surface area contributed by atoms with E-state index in [2.05, 4.69) is 60.7 Å². The van der Waals surface area contributed by atoms with Crippen molar-refractivity contribution in [1.29, 1.82) is 0 Å². The van der Waals surface area contributed by atoms with Crippen LogP contribution in [-0.2, 0) is 0 Å². The lowest BCUT2D eigenvalue weighted by Crippen LogP contribution is -1.97. The van der Waals surface area contributed by atoms with Crippen LogP contribution in [0.25, 0.3) is 22.3 Å². The number of hydrogen-bond acceptors (Lipinski definition) is 4. The van der Waals surface area contributed by atoms with Gasteiger partial charge in [-0.05, 0) is 169 Å². The molecular weight excluding hydrogens is 641 g/mol. The van der Waals surface area contributed by atoms with Crippen molar-refractivity contribution in [2.75, 3.05) is 0 Å². The second-order valence-corrected chi connectivity index (χ2v) is 13.9. The van der Waals surface area contributed by atoms with E-state index in [0.29, 0.717) is 12.8 Å². The van der Waals surface area contributed by atoms with Crippen LogP contribution in [0.1, 0.15) is 47.9 Å². The van der Waals surface area contributed by atoms with Crippen molar-refractivity contribution in [2.45, 2.75) is 25.7 Å². The maximum Gasteiger partial charge on any atom is 0.116 e. The molecular formula is C48H36O4. The first-order chi connectivity index (χ1) is 25.4. The Hall–Kier alpha value is -6.52. The van der Waals surface area contributed by atoms with E-state index in [0.717, 1.165) is 79.7 Å². The van der Waals surface area contributed by atoms with Gasteiger partial charge in [0.2, 0.25) is 0 Å². The second kappa shape index (κ2) is 12.7. The smallest absolute Gasteiger partial charge is 0.116 e. The van der Waals surface area contributed by atoms with Crippen molar-refractivity contribution in [3.63, 3.8) is 0 Å². The topological polar surface area (TPSA) is 80.9 Å². The first-order valence-electron chi connectivity index (χ1n) is 17.7. The molecule has 4 N–H and O–H groups in total. The van der Waals surface area contributed by atoms with Crippen LogP contribution in [0.4, 0.5) is 0 Å². The lowest BCUT2D eigenvalue weighted by molar-refractivity contribution is 0.474. The monoisotopic (exact) mass is 676 g/mol. The van der Waals surface area contributed by atoms with E-state index >= 15 is 0 Å². The molecule has 5 aliphatic rings. The fourth-order valence-corrected chi connectivity index (χ4v) is 8.38. The van der Waals surface area contributed by atoms with E-state index in [1.165, 1.54) is 22.3 Å². The quantitative estimate of drug-likeness (QED) is 0.173. The summed E-state index contributed by atoms with van der Waals surface area (Å²) in [6.45, 7) is 0. The zero-order chi connectivity index (χ0) is 35.3. The third kappa shape index (κ3) is 5.69. The van der Waals surface area contributed by atoms with Crippen molar-refractivity contribution in [3.05, 3.63) is 213 Å². The molecule has 0 saturated carbocycles. The molecule has 52 heavy (non-hydrogen) atoms. The Morgan fingerprint density at radius 1 is 0.385 bits per heavy atom. The van der Waals surface area contributed by atoms with Crippen LogP contribution in [-0.4, -0.2) is 20.4 Å². The molecule has 252 valence electrons. The number of hydrogen-bond donors (Lipinski definition) is 4. The van der Waals surface area contributed by atoms with Crippen LogP contribution >= 0.6 is 0 Å². The molecule has 0 heterocycles. The summed E-state index contributed by atoms with van der Waals surface area (Å²) in [5.74, 6) is 0.872. The molecule has 0 unspecified atom stereocenters. The normalized spacial score (nSPS) is 18.0. The van der Waals surface area contributed by atoms with Crippen molar-refractivity contribution in [2.24, 2.45) is 0 Å². The van der Waals surface area contributed by atoms with Gasteiger partial charge in [0.15, 0.2) is 0 Å². The van der Waals surface area contributed by atoms with Crippen molar-refractivity contribution >= 4 is 22.3 Å². The Balaban J connectivity index is 1.34. The minimum Gasteiger partial charge on any atom is -0.508 e. The Morgan fingerprint density at radius 3 is 1.42 bits per heavy atom. The van der Waals surface area contributed by atoms with Gasteiger partial charge < -0.3 is 20.4 Å². The maximum atomic E-state index is 10.6. The molecule has 0 saturated heterocycles. The average Bonchev–Trinajstić information content (AvgIpc) is 3.96. The van der Waals surface area contributed by atoms with E-state index in [4.69, 9.17) is 0 Å². The van der Waals surface area contributed by atoms with Crippen molar-refractivity contribution in [3.8, 4) is 23.0 Å². The molecule has 5 aliphatic carbocycles. The minimum absolute atomic E-state index is 0.211. The van der Waals surface area contributed by atoms with E-state index in [1.807, 2.05) is 60.7 Å². The van der Waals surface area contributed by atoms with Gasteiger partial charge in [-0.2, -0.15) is 0 Å². The highest BCUT2D eigenvalue weighted by Gasteiger charge is 2.28. The van der Waals surface area contributed by atoms with E-state index in [1.54, 1.807) is 24.3 Å². The third-order valence-corrected chi connectivity index (χ3v) is 10.5. The van der Waals surface area contributed by atoms with Crippen LogP contribution in [0, 0.1) is 0 Å². The van der Waals surface area contributed by atoms with Crippen LogP contribution in [0.2, 0.25) is 0 Å². The standard InChI is InChI=1S/C48H36O4/c49-41-9-1-5-29(25-41)45-33-13-15-35(21-33)46(30-6-2-10-42(50)26-30)37-17-19-39(23-37)48(32-8-4-12-44(52)28-32)40-20-18-38(24-40)47(36-16-14-34(45)22-36)31-7-3-11-43(51)27-31/h1-17,19,21,24-28,49-52H,18,20,22-23H2. The summed E-state index contributed by atoms with van der Waals surface area (Å²) in [7, 11) is 0. The van der Waals surface area contributed by atoms with Crippen LogP contribution in [0.5, 0.6) is 23.0 Å². The lowest BCUT2D eigenvalue weighted by atomic mass is 9.86.